The fourth-order valence-corrected chi connectivity index (χ4v) is 2.17. The van der Waals surface area contributed by atoms with E-state index in [9.17, 15) is 4.79 Å². The van der Waals surface area contributed by atoms with Crippen molar-refractivity contribution in [1.29, 1.82) is 0 Å². The molecule has 0 saturated heterocycles. The molecule has 0 radical (unpaired) electrons. The molecule has 0 aliphatic heterocycles. The molecule has 2 N–H and O–H groups in total. The van der Waals surface area contributed by atoms with Crippen molar-refractivity contribution in [3.8, 4) is 0 Å². The summed E-state index contributed by atoms with van der Waals surface area (Å²) in [6.45, 7) is 11.5. The van der Waals surface area contributed by atoms with E-state index in [4.69, 9.17) is 4.74 Å². The van der Waals surface area contributed by atoms with Gasteiger partial charge in [0.15, 0.2) is 5.96 Å². The van der Waals surface area contributed by atoms with Gasteiger partial charge in [-0.15, -0.1) is 0 Å². The molecule has 0 aliphatic rings. The summed E-state index contributed by atoms with van der Waals surface area (Å²) in [4.78, 5) is 15.6. The molecular weight excluding hydrogens is 294 g/mol. The summed E-state index contributed by atoms with van der Waals surface area (Å²) in [6, 6.07) is 0. The molecule has 0 aromatic rings. The summed E-state index contributed by atoms with van der Waals surface area (Å²) in [5.41, 5.74) is 0. The molecule has 0 aromatic heterocycles. The summed E-state index contributed by atoms with van der Waals surface area (Å²) in [5.74, 6) is 1.17. The number of ether oxygens (including phenoxy) is 2. The van der Waals surface area contributed by atoms with Gasteiger partial charge in [0.2, 0.25) is 0 Å². The van der Waals surface area contributed by atoms with Crippen LogP contribution < -0.4 is 10.6 Å². The van der Waals surface area contributed by atoms with E-state index >= 15 is 0 Å². The van der Waals surface area contributed by atoms with Gasteiger partial charge in [-0.1, -0.05) is 13.8 Å². The quantitative estimate of drug-likeness (QED) is 0.249. The van der Waals surface area contributed by atoms with Gasteiger partial charge in [0.1, 0.15) is 0 Å². The normalized spacial score (nSPS) is 13.0. The minimum atomic E-state index is -0.158. The number of nitrogens with zero attached hydrogens (tertiary/aromatic N) is 1. The van der Waals surface area contributed by atoms with Crippen molar-refractivity contribution in [2.75, 3.05) is 33.4 Å². The highest BCUT2D eigenvalue weighted by molar-refractivity contribution is 5.79. The van der Waals surface area contributed by atoms with Crippen molar-refractivity contribution < 1.29 is 14.3 Å². The van der Waals surface area contributed by atoms with Crippen molar-refractivity contribution in [2.24, 2.45) is 10.9 Å². The number of nitrogens with one attached hydrogen (secondary N) is 2. The SMILES string of the molecule is CCNC(=NCCCCC(=O)OC)NCCC(OCC)C(C)C. The van der Waals surface area contributed by atoms with Crippen LogP contribution >= 0.6 is 0 Å². The number of unbranched alkanes of at least 4 members (excludes halogenated alkanes) is 1. The third-order valence-corrected chi connectivity index (χ3v) is 3.48. The van der Waals surface area contributed by atoms with Crippen LogP contribution in [0, 0.1) is 5.92 Å². The molecule has 136 valence electrons. The van der Waals surface area contributed by atoms with Crippen LogP contribution in [0.1, 0.15) is 53.4 Å². The Hall–Kier alpha value is -1.30. The summed E-state index contributed by atoms with van der Waals surface area (Å²) < 4.78 is 10.4. The zero-order valence-corrected chi connectivity index (χ0v) is 15.5. The maximum absolute atomic E-state index is 11.0. The molecule has 0 spiro atoms. The first kappa shape index (κ1) is 21.7. The fraction of sp³-hybridized carbons (Fsp3) is 0.882. The number of rotatable bonds is 12. The molecule has 23 heavy (non-hydrogen) atoms. The van der Waals surface area contributed by atoms with Gasteiger partial charge < -0.3 is 20.1 Å². The van der Waals surface area contributed by atoms with E-state index in [0.29, 0.717) is 18.9 Å². The van der Waals surface area contributed by atoms with Crippen LogP contribution in [0.4, 0.5) is 0 Å². The van der Waals surface area contributed by atoms with Crippen LogP contribution in [0.3, 0.4) is 0 Å². The Bertz CT molecular complexity index is 333. The Kier molecular flexibility index (Phi) is 13.5. The highest BCUT2D eigenvalue weighted by Gasteiger charge is 2.12. The van der Waals surface area contributed by atoms with Gasteiger partial charge in [0, 0.05) is 32.7 Å². The van der Waals surface area contributed by atoms with Crippen molar-refractivity contribution >= 4 is 11.9 Å². The number of carbonyl (C=O) groups is 1. The smallest absolute Gasteiger partial charge is 0.305 e. The number of methoxy groups -OCH3 is 1. The standard InChI is InChI=1S/C17H35N3O3/c1-6-18-17(19-12-9-8-10-16(21)22-5)20-13-11-15(14(3)4)23-7-2/h14-15H,6-13H2,1-5H3,(H2,18,19,20). The van der Waals surface area contributed by atoms with Crippen LogP contribution in [0.25, 0.3) is 0 Å². The van der Waals surface area contributed by atoms with Crippen LogP contribution in [0.2, 0.25) is 0 Å². The molecule has 6 heteroatoms. The molecule has 0 fully saturated rings. The predicted octanol–water partition coefficient (Wildman–Crippen LogP) is 2.34. The zero-order valence-electron chi connectivity index (χ0n) is 15.5. The van der Waals surface area contributed by atoms with Crippen molar-refractivity contribution in [3.05, 3.63) is 0 Å². The van der Waals surface area contributed by atoms with Crippen LogP contribution in [-0.2, 0) is 14.3 Å². The van der Waals surface area contributed by atoms with E-state index < -0.39 is 0 Å². The number of hydrogen-bond acceptors (Lipinski definition) is 4. The zero-order chi connectivity index (χ0) is 17.5. The molecular formula is C17H35N3O3. The summed E-state index contributed by atoms with van der Waals surface area (Å²) >= 11 is 0. The number of carbonyl (C=O) groups excluding carboxylic acids is 1. The molecule has 6 nitrogen and oxygen atoms in total. The van der Waals surface area contributed by atoms with Crippen molar-refractivity contribution in [2.45, 2.75) is 59.5 Å². The average Bonchev–Trinajstić information content (AvgIpc) is 2.53. The van der Waals surface area contributed by atoms with E-state index in [1.807, 2.05) is 13.8 Å². The monoisotopic (exact) mass is 329 g/mol. The molecule has 0 aliphatic carbocycles. The highest BCUT2D eigenvalue weighted by atomic mass is 16.5. The summed E-state index contributed by atoms with van der Waals surface area (Å²) in [6.07, 6.45) is 3.36. The first-order chi connectivity index (χ1) is 11.0. The second-order valence-corrected chi connectivity index (χ2v) is 5.75. The van der Waals surface area contributed by atoms with E-state index in [2.05, 4.69) is 34.2 Å². The molecule has 0 rings (SSSR count). The Morgan fingerprint density at radius 1 is 1.17 bits per heavy atom. The molecule has 0 heterocycles. The van der Waals surface area contributed by atoms with Gasteiger partial charge >= 0.3 is 5.97 Å². The lowest BCUT2D eigenvalue weighted by atomic mass is 10.0. The summed E-state index contributed by atoms with van der Waals surface area (Å²) in [5, 5.41) is 6.58. The van der Waals surface area contributed by atoms with Crippen molar-refractivity contribution in [3.63, 3.8) is 0 Å². The van der Waals surface area contributed by atoms with Crippen LogP contribution in [-0.4, -0.2) is 51.4 Å². The highest BCUT2D eigenvalue weighted by Crippen LogP contribution is 2.09. The number of guanidine groups is 1. The van der Waals surface area contributed by atoms with Crippen molar-refractivity contribution in [1.82, 2.24) is 10.6 Å². The third kappa shape index (κ3) is 11.9. The summed E-state index contributed by atoms with van der Waals surface area (Å²) in [7, 11) is 1.42. The minimum absolute atomic E-state index is 0.158. The van der Waals surface area contributed by atoms with Crippen LogP contribution in [0.15, 0.2) is 4.99 Å². The number of esters is 1. The van der Waals surface area contributed by atoms with Gasteiger partial charge in [-0.25, -0.2) is 0 Å². The molecule has 1 unspecified atom stereocenters. The number of hydrogen-bond donors (Lipinski definition) is 2. The minimum Gasteiger partial charge on any atom is -0.469 e. The van der Waals surface area contributed by atoms with Gasteiger partial charge in [-0.3, -0.25) is 9.79 Å². The van der Waals surface area contributed by atoms with E-state index in [1.165, 1.54) is 7.11 Å². The second kappa shape index (κ2) is 14.3. The molecule has 0 saturated carbocycles. The topological polar surface area (TPSA) is 72.0 Å². The third-order valence-electron chi connectivity index (χ3n) is 3.48. The average molecular weight is 329 g/mol. The molecule has 1 atom stereocenters. The Morgan fingerprint density at radius 3 is 2.48 bits per heavy atom. The first-order valence-electron chi connectivity index (χ1n) is 8.75. The first-order valence-corrected chi connectivity index (χ1v) is 8.75. The van der Waals surface area contributed by atoms with E-state index in [1.54, 1.807) is 0 Å². The predicted molar refractivity (Wildman–Crippen MR) is 94.7 cm³/mol. The molecule has 0 amide bonds. The Labute approximate surface area is 141 Å². The van der Waals surface area contributed by atoms with E-state index in [0.717, 1.165) is 44.9 Å². The molecule has 0 bridgehead atoms. The van der Waals surface area contributed by atoms with E-state index in [-0.39, 0.29) is 12.1 Å². The lowest BCUT2D eigenvalue weighted by Crippen LogP contribution is -2.39. The lowest BCUT2D eigenvalue weighted by Gasteiger charge is -2.21. The largest absolute Gasteiger partial charge is 0.469 e. The van der Waals surface area contributed by atoms with Gasteiger partial charge in [0.05, 0.1) is 13.2 Å². The fourth-order valence-electron chi connectivity index (χ4n) is 2.17. The number of aliphatic imine (C=N–C) groups is 1. The van der Waals surface area contributed by atoms with Gasteiger partial charge in [-0.05, 0) is 39.0 Å². The second-order valence-electron chi connectivity index (χ2n) is 5.75. The Morgan fingerprint density at radius 2 is 1.91 bits per heavy atom. The lowest BCUT2D eigenvalue weighted by molar-refractivity contribution is -0.140. The van der Waals surface area contributed by atoms with Crippen LogP contribution in [0.5, 0.6) is 0 Å². The molecule has 0 aromatic carbocycles. The maximum Gasteiger partial charge on any atom is 0.305 e. The van der Waals surface area contributed by atoms with Gasteiger partial charge in [-0.2, -0.15) is 0 Å². The Balaban J connectivity index is 4.08. The maximum atomic E-state index is 11.0. The van der Waals surface area contributed by atoms with Gasteiger partial charge in [0.25, 0.3) is 0 Å².